The lowest BCUT2D eigenvalue weighted by atomic mass is 10.2. The summed E-state index contributed by atoms with van der Waals surface area (Å²) in [5.74, 6) is 1.49. The van der Waals surface area contributed by atoms with Crippen molar-refractivity contribution in [3.8, 4) is 11.5 Å². The van der Waals surface area contributed by atoms with Crippen LogP contribution in [0, 0.1) is 0 Å². The van der Waals surface area contributed by atoms with Crippen LogP contribution in [0.5, 0.6) is 11.5 Å². The molecule has 1 heterocycles. The lowest BCUT2D eigenvalue weighted by Crippen LogP contribution is -2.21. The van der Waals surface area contributed by atoms with Gasteiger partial charge in [0.15, 0.2) is 17.3 Å². The van der Waals surface area contributed by atoms with Crippen molar-refractivity contribution in [1.29, 1.82) is 0 Å². The van der Waals surface area contributed by atoms with Gasteiger partial charge in [0.1, 0.15) is 4.90 Å². The zero-order valence-corrected chi connectivity index (χ0v) is 14.8. The highest BCUT2D eigenvalue weighted by Crippen LogP contribution is 2.28. The van der Waals surface area contributed by atoms with Crippen molar-refractivity contribution in [2.75, 3.05) is 21.3 Å². The third kappa shape index (κ3) is 3.20. The van der Waals surface area contributed by atoms with Gasteiger partial charge in [-0.25, -0.2) is 5.01 Å². The van der Waals surface area contributed by atoms with Gasteiger partial charge in [-0.1, -0.05) is 12.1 Å². The predicted octanol–water partition coefficient (Wildman–Crippen LogP) is 2.12. The Morgan fingerprint density at radius 2 is 1.80 bits per heavy atom. The van der Waals surface area contributed by atoms with Crippen molar-refractivity contribution in [2.24, 2.45) is 9.50 Å². The molecule has 0 N–H and O–H groups in total. The summed E-state index contributed by atoms with van der Waals surface area (Å²) in [4.78, 5) is 0.193. The van der Waals surface area contributed by atoms with E-state index < -0.39 is 10.0 Å². The fourth-order valence-corrected chi connectivity index (χ4v) is 3.69. The number of hydrazone groups is 1. The molecule has 8 heteroatoms. The van der Waals surface area contributed by atoms with Crippen LogP contribution in [0.2, 0.25) is 0 Å². The van der Waals surface area contributed by atoms with E-state index in [9.17, 15) is 8.42 Å². The van der Waals surface area contributed by atoms with Crippen LogP contribution in [0.1, 0.15) is 11.1 Å². The van der Waals surface area contributed by atoms with Crippen molar-refractivity contribution >= 4 is 22.1 Å². The number of methoxy groups -OCH3 is 2. The molecule has 7 nitrogen and oxygen atoms in total. The van der Waals surface area contributed by atoms with E-state index >= 15 is 0 Å². The Morgan fingerprint density at radius 1 is 1.08 bits per heavy atom. The SMILES string of the molecule is COc1ccc(C=NN(C)C2=NS(=O)(=O)c3ccccc32)cc1OC. The minimum Gasteiger partial charge on any atom is -0.493 e. The van der Waals surface area contributed by atoms with Gasteiger partial charge in [0.2, 0.25) is 0 Å². The van der Waals surface area contributed by atoms with Crippen molar-refractivity contribution in [1.82, 2.24) is 5.01 Å². The molecule has 2 aromatic carbocycles. The highest BCUT2D eigenvalue weighted by molar-refractivity contribution is 7.90. The van der Waals surface area contributed by atoms with Crippen LogP contribution in [0.3, 0.4) is 0 Å². The second-order valence-electron chi connectivity index (χ2n) is 5.27. The van der Waals surface area contributed by atoms with Crippen LogP contribution < -0.4 is 9.47 Å². The maximum Gasteiger partial charge on any atom is 0.285 e. The number of hydrogen-bond donors (Lipinski definition) is 0. The van der Waals surface area contributed by atoms with Crippen molar-refractivity contribution < 1.29 is 17.9 Å². The molecule has 0 amide bonds. The highest BCUT2D eigenvalue weighted by atomic mass is 32.2. The van der Waals surface area contributed by atoms with Crippen molar-refractivity contribution in [3.63, 3.8) is 0 Å². The summed E-state index contributed by atoms with van der Waals surface area (Å²) < 4.78 is 38.5. The summed E-state index contributed by atoms with van der Waals surface area (Å²) in [7, 11) is 1.10. The largest absolute Gasteiger partial charge is 0.493 e. The molecule has 2 aromatic rings. The third-order valence-corrected chi connectivity index (χ3v) is 5.03. The van der Waals surface area contributed by atoms with Gasteiger partial charge in [0.05, 0.1) is 20.4 Å². The first-order valence-corrected chi connectivity index (χ1v) is 8.84. The molecule has 0 radical (unpaired) electrons. The summed E-state index contributed by atoms with van der Waals surface area (Å²) in [6.45, 7) is 0. The normalized spacial score (nSPS) is 14.9. The average molecular weight is 359 g/mol. The van der Waals surface area contributed by atoms with E-state index in [0.29, 0.717) is 17.1 Å². The highest BCUT2D eigenvalue weighted by Gasteiger charge is 2.30. The summed E-state index contributed by atoms with van der Waals surface area (Å²) in [5, 5.41) is 5.72. The molecule has 0 unspecified atom stereocenters. The minimum atomic E-state index is -3.67. The first kappa shape index (κ1) is 17.0. The van der Waals surface area contributed by atoms with E-state index in [1.807, 2.05) is 6.07 Å². The molecule has 0 aromatic heterocycles. The van der Waals surface area contributed by atoms with Crippen LogP contribution in [0.25, 0.3) is 0 Å². The van der Waals surface area contributed by atoms with E-state index in [-0.39, 0.29) is 10.7 Å². The van der Waals surface area contributed by atoms with Gasteiger partial charge in [-0.2, -0.15) is 13.5 Å². The average Bonchev–Trinajstić information content (AvgIpc) is 2.91. The van der Waals surface area contributed by atoms with Gasteiger partial charge >= 0.3 is 0 Å². The van der Waals surface area contributed by atoms with Crippen LogP contribution in [0.15, 0.2) is 56.9 Å². The zero-order valence-electron chi connectivity index (χ0n) is 14.0. The third-order valence-electron chi connectivity index (χ3n) is 3.71. The predicted molar refractivity (Wildman–Crippen MR) is 95.1 cm³/mol. The Bertz CT molecular complexity index is 968. The van der Waals surface area contributed by atoms with Crippen LogP contribution >= 0.6 is 0 Å². The summed E-state index contributed by atoms with van der Waals surface area (Å²) in [6.07, 6.45) is 1.60. The standard InChI is InChI=1S/C17H17N3O4S/c1-20(17-13-6-4-5-7-16(13)25(21,22)19-17)18-11-12-8-9-14(23-2)15(10-12)24-3/h4-11H,1-3H3. The fourth-order valence-electron chi connectivity index (χ4n) is 2.46. The summed E-state index contributed by atoms with van der Waals surface area (Å²) >= 11 is 0. The molecule has 0 spiro atoms. The summed E-state index contributed by atoms with van der Waals surface area (Å²) in [5.41, 5.74) is 1.31. The van der Waals surface area contributed by atoms with Crippen LogP contribution in [-0.4, -0.2) is 46.7 Å². The van der Waals surface area contributed by atoms with E-state index in [4.69, 9.17) is 9.47 Å². The van der Waals surface area contributed by atoms with E-state index in [1.54, 1.807) is 57.8 Å². The lowest BCUT2D eigenvalue weighted by molar-refractivity contribution is 0.355. The van der Waals surface area contributed by atoms with Crippen LogP contribution in [-0.2, 0) is 10.0 Å². The Labute approximate surface area is 146 Å². The van der Waals surface area contributed by atoms with E-state index in [2.05, 4.69) is 9.50 Å². The van der Waals surface area contributed by atoms with Gasteiger partial charge in [0.25, 0.3) is 10.0 Å². The number of rotatable bonds is 4. The second-order valence-corrected chi connectivity index (χ2v) is 6.84. The monoisotopic (exact) mass is 359 g/mol. The van der Waals surface area contributed by atoms with Gasteiger partial charge in [-0.3, -0.25) is 0 Å². The fraction of sp³-hybridized carbons (Fsp3) is 0.176. The molecule has 0 saturated heterocycles. The lowest BCUT2D eigenvalue weighted by Gasteiger charge is -2.12. The molecular formula is C17H17N3O4S. The smallest absolute Gasteiger partial charge is 0.285 e. The number of sulfonamides is 1. The Kier molecular flexibility index (Phi) is 4.45. The maximum atomic E-state index is 12.1. The van der Waals surface area contributed by atoms with Gasteiger partial charge in [0, 0.05) is 12.6 Å². The molecular weight excluding hydrogens is 342 g/mol. The first-order valence-electron chi connectivity index (χ1n) is 7.40. The molecule has 1 aliphatic rings. The number of ether oxygens (including phenoxy) is 2. The Balaban J connectivity index is 1.88. The quantitative estimate of drug-likeness (QED) is 0.617. The molecule has 130 valence electrons. The van der Waals surface area contributed by atoms with Crippen molar-refractivity contribution in [3.05, 3.63) is 53.6 Å². The molecule has 1 aliphatic heterocycles. The van der Waals surface area contributed by atoms with Crippen LogP contribution in [0.4, 0.5) is 0 Å². The first-order chi connectivity index (χ1) is 12.0. The van der Waals surface area contributed by atoms with Gasteiger partial charge < -0.3 is 9.47 Å². The number of hydrogen-bond acceptors (Lipinski definition) is 6. The molecule has 25 heavy (non-hydrogen) atoms. The van der Waals surface area contributed by atoms with Crippen molar-refractivity contribution in [2.45, 2.75) is 4.90 Å². The number of benzene rings is 2. The summed E-state index contributed by atoms with van der Waals surface area (Å²) in [6, 6.07) is 12.0. The molecule has 3 rings (SSSR count). The van der Waals surface area contributed by atoms with Gasteiger partial charge in [-0.15, -0.1) is 4.40 Å². The molecule has 0 atom stereocenters. The maximum absolute atomic E-state index is 12.1. The Hall–Kier alpha value is -2.87. The topological polar surface area (TPSA) is 80.6 Å². The molecule has 0 bridgehead atoms. The number of nitrogens with zero attached hydrogens (tertiary/aromatic N) is 3. The second kappa shape index (κ2) is 6.56. The minimum absolute atomic E-state index is 0.193. The number of fused-ring (bicyclic) bond motifs is 1. The molecule has 0 saturated carbocycles. The van der Waals surface area contributed by atoms with E-state index in [0.717, 1.165) is 5.56 Å². The Morgan fingerprint density at radius 3 is 2.52 bits per heavy atom. The molecule has 0 fully saturated rings. The molecule has 0 aliphatic carbocycles. The van der Waals surface area contributed by atoms with Gasteiger partial charge in [-0.05, 0) is 35.9 Å². The van der Waals surface area contributed by atoms with E-state index in [1.165, 1.54) is 11.1 Å². The number of amidine groups is 1. The zero-order chi connectivity index (χ0) is 18.0.